The Morgan fingerprint density at radius 1 is 1.32 bits per heavy atom. The van der Waals surface area contributed by atoms with Crippen molar-refractivity contribution in [3.05, 3.63) is 30.3 Å². The first-order valence-corrected chi connectivity index (χ1v) is 7.26. The van der Waals surface area contributed by atoms with E-state index in [9.17, 15) is 0 Å². The smallest absolute Gasteiger partial charge is 0.119 e. The molecule has 0 radical (unpaired) electrons. The normalized spacial score (nSPS) is 20.7. The van der Waals surface area contributed by atoms with Gasteiger partial charge in [0.1, 0.15) is 18.5 Å². The number of morpholine rings is 1. The first kappa shape index (κ1) is 14.4. The van der Waals surface area contributed by atoms with Gasteiger partial charge >= 0.3 is 0 Å². The van der Waals surface area contributed by atoms with Gasteiger partial charge in [0.25, 0.3) is 0 Å². The summed E-state index contributed by atoms with van der Waals surface area (Å²) in [5.74, 6) is 1.69. The molecule has 0 bridgehead atoms. The molecule has 1 heterocycles. The zero-order valence-corrected chi connectivity index (χ0v) is 12.0. The molecule has 0 aliphatic carbocycles. The Bertz CT molecular complexity index is 353. The fourth-order valence-corrected chi connectivity index (χ4v) is 2.23. The quantitative estimate of drug-likeness (QED) is 0.788. The molecule has 2 rings (SSSR count). The van der Waals surface area contributed by atoms with Crippen molar-refractivity contribution < 1.29 is 9.47 Å². The van der Waals surface area contributed by atoms with Gasteiger partial charge in [-0.25, -0.2) is 0 Å². The lowest BCUT2D eigenvalue weighted by atomic mass is 10.1. The Morgan fingerprint density at radius 3 is 2.84 bits per heavy atom. The van der Waals surface area contributed by atoms with Gasteiger partial charge in [-0.3, -0.25) is 4.90 Å². The molecule has 0 amide bonds. The van der Waals surface area contributed by atoms with Crippen LogP contribution in [0.5, 0.6) is 5.75 Å². The summed E-state index contributed by atoms with van der Waals surface area (Å²) in [5, 5.41) is 0. The lowest BCUT2D eigenvalue weighted by molar-refractivity contribution is -0.0487. The summed E-state index contributed by atoms with van der Waals surface area (Å²) in [5.41, 5.74) is 0. The first-order chi connectivity index (χ1) is 9.24. The Hall–Kier alpha value is -1.06. The predicted octanol–water partition coefficient (Wildman–Crippen LogP) is 2.81. The third-order valence-corrected chi connectivity index (χ3v) is 3.42. The largest absolute Gasteiger partial charge is 0.491 e. The van der Waals surface area contributed by atoms with Crippen molar-refractivity contribution >= 4 is 0 Å². The van der Waals surface area contributed by atoms with Crippen LogP contribution in [0, 0.1) is 5.92 Å². The zero-order chi connectivity index (χ0) is 13.5. The van der Waals surface area contributed by atoms with Crippen molar-refractivity contribution in [2.75, 3.05) is 32.8 Å². The summed E-state index contributed by atoms with van der Waals surface area (Å²) >= 11 is 0. The van der Waals surface area contributed by atoms with E-state index in [1.807, 2.05) is 30.3 Å². The standard InChI is InChI=1S/C16H25NO2/c1-14(2)8-9-17-10-11-18-16(12-17)13-19-15-6-4-3-5-7-15/h3-7,14,16H,8-13H2,1-2H3. The Labute approximate surface area is 116 Å². The summed E-state index contributed by atoms with van der Waals surface area (Å²) in [6, 6.07) is 9.95. The molecule has 0 N–H and O–H groups in total. The highest BCUT2D eigenvalue weighted by Crippen LogP contribution is 2.12. The molecular formula is C16H25NO2. The molecule has 3 nitrogen and oxygen atoms in total. The van der Waals surface area contributed by atoms with Crippen LogP contribution < -0.4 is 4.74 Å². The van der Waals surface area contributed by atoms with Gasteiger partial charge in [0, 0.05) is 13.1 Å². The molecule has 0 aromatic heterocycles. The molecule has 1 unspecified atom stereocenters. The fraction of sp³-hybridized carbons (Fsp3) is 0.625. The van der Waals surface area contributed by atoms with Crippen LogP contribution >= 0.6 is 0 Å². The Balaban J connectivity index is 1.72. The number of hydrogen-bond acceptors (Lipinski definition) is 3. The van der Waals surface area contributed by atoms with Crippen LogP contribution in [0.2, 0.25) is 0 Å². The van der Waals surface area contributed by atoms with Gasteiger partial charge in [-0.15, -0.1) is 0 Å². The highest BCUT2D eigenvalue weighted by molar-refractivity contribution is 5.20. The molecule has 19 heavy (non-hydrogen) atoms. The lowest BCUT2D eigenvalue weighted by Crippen LogP contribution is -2.45. The second-order valence-electron chi connectivity index (χ2n) is 5.60. The summed E-state index contributed by atoms with van der Waals surface area (Å²) < 4.78 is 11.5. The maximum absolute atomic E-state index is 5.77. The minimum atomic E-state index is 0.195. The molecule has 1 aliphatic rings. The van der Waals surface area contributed by atoms with Crippen molar-refractivity contribution in [2.45, 2.75) is 26.4 Å². The first-order valence-electron chi connectivity index (χ1n) is 7.26. The highest BCUT2D eigenvalue weighted by atomic mass is 16.5. The second kappa shape index (κ2) is 7.51. The van der Waals surface area contributed by atoms with E-state index in [2.05, 4.69) is 18.7 Å². The van der Waals surface area contributed by atoms with E-state index >= 15 is 0 Å². The van der Waals surface area contributed by atoms with Gasteiger partial charge in [-0.1, -0.05) is 32.0 Å². The molecule has 0 saturated carbocycles. The lowest BCUT2D eigenvalue weighted by Gasteiger charge is -2.33. The Morgan fingerprint density at radius 2 is 2.11 bits per heavy atom. The minimum Gasteiger partial charge on any atom is -0.491 e. The predicted molar refractivity (Wildman–Crippen MR) is 77.6 cm³/mol. The number of rotatable bonds is 6. The van der Waals surface area contributed by atoms with Crippen LogP contribution in [0.15, 0.2) is 30.3 Å². The van der Waals surface area contributed by atoms with Gasteiger partial charge in [0.15, 0.2) is 0 Å². The van der Waals surface area contributed by atoms with Gasteiger partial charge in [0.2, 0.25) is 0 Å². The van der Waals surface area contributed by atoms with Crippen molar-refractivity contribution in [1.29, 1.82) is 0 Å². The Kier molecular flexibility index (Phi) is 5.67. The maximum atomic E-state index is 5.77. The molecule has 1 aliphatic heterocycles. The molecule has 0 spiro atoms. The monoisotopic (exact) mass is 263 g/mol. The number of nitrogens with zero attached hydrogens (tertiary/aromatic N) is 1. The van der Waals surface area contributed by atoms with Crippen molar-refractivity contribution in [2.24, 2.45) is 5.92 Å². The average Bonchev–Trinajstić information content (AvgIpc) is 2.44. The average molecular weight is 263 g/mol. The van der Waals surface area contributed by atoms with Crippen LogP contribution in [-0.4, -0.2) is 43.9 Å². The molecule has 1 fully saturated rings. The number of ether oxygens (including phenoxy) is 2. The van der Waals surface area contributed by atoms with E-state index in [1.54, 1.807) is 0 Å². The van der Waals surface area contributed by atoms with Crippen LogP contribution in [0.4, 0.5) is 0 Å². The van der Waals surface area contributed by atoms with Crippen LogP contribution in [0.1, 0.15) is 20.3 Å². The summed E-state index contributed by atoms with van der Waals surface area (Å²) in [6.45, 7) is 9.22. The SMILES string of the molecule is CC(C)CCN1CCOC(COc2ccccc2)C1. The van der Waals surface area contributed by atoms with Crippen LogP contribution in [0.25, 0.3) is 0 Å². The van der Waals surface area contributed by atoms with Crippen LogP contribution in [-0.2, 0) is 4.74 Å². The summed E-state index contributed by atoms with van der Waals surface area (Å²) in [6.07, 6.45) is 1.45. The molecular weight excluding hydrogens is 238 g/mol. The summed E-state index contributed by atoms with van der Waals surface area (Å²) in [7, 11) is 0. The number of para-hydroxylation sites is 1. The van der Waals surface area contributed by atoms with E-state index in [4.69, 9.17) is 9.47 Å². The third-order valence-electron chi connectivity index (χ3n) is 3.42. The van der Waals surface area contributed by atoms with E-state index in [0.29, 0.717) is 6.61 Å². The fourth-order valence-electron chi connectivity index (χ4n) is 2.23. The molecule has 1 aromatic rings. The second-order valence-corrected chi connectivity index (χ2v) is 5.60. The van der Waals surface area contributed by atoms with Gasteiger partial charge in [0.05, 0.1) is 6.61 Å². The number of benzene rings is 1. The van der Waals surface area contributed by atoms with Crippen molar-refractivity contribution in [3.63, 3.8) is 0 Å². The molecule has 1 saturated heterocycles. The van der Waals surface area contributed by atoms with E-state index in [1.165, 1.54) is 13.0 Å². The van der Waals surface area contributed by atoms with Gasteiger partial charge in [-0.2, -0.15) is 0 Å². The number of hydrogen-bond donors (Lipinski definition) is 0. The van der Waals surface area contributed by atoms with Crippen LogP contribution in [0.3, 0.4) is 0 Å². The van der Waals surface area contributed by atoms with Gasteiger partial charge in [-0.05, 0) is 31.0 Å². The molecule has 1 atom stereocenters. The van der Waals surface area contributed by atoms with Crippen molar-refractivity contribution in [1.82, 2.24) is 4.90 Å². The third kappa shape index (κ3) is 5.21. The van der Waals surface area contributed by atoms with E-state index in [0.717, 1.165) is 31.4 Å². The highest BCUT2D eigenvalue weighted by Gasteiger charge is 2.20. The summed E-state index contributed by atoms with van der Waals surface area (Å²) in [4.78, 5) is 2.49. The van der Waals surface area contributed by atoms with E-state index in [-0.39, 0.29) is 6.10 Å². The zero-order valence-electron chi connectivity index (χ0n) is 12.0. The van der Waals surface area contributed by atoms with E-state index < -0.39 is 0 Å². The molecule has 3 heteroatoms. The topological polar surface area (TPSA) is 21.7 Å². The molecule has 106 valence electrons. The minimum absolute atomic E-state index is 0.195. The van der Waals surface area contributed by atoms with Gasteiger partial charge < -0.3 is 9.47 Å². The molecule has 1 aromatic carbocycles. The maximum Gasteiger partial charge on any atom is 0.119 e. The van der Waals surface area contributed by atoms with Crippen molar-refractivity contribution in [3.8, 4) is 5.75 Å².